The smallest absolute Gasteiger partial charge is 0.262 e. The van der Waals surface area contributed by atoms with E-state index < -0.39 is 0 Å². The van der Waals surface area contributed by atoms with Crippen LogP contribution >= 0.6 is 11.3 Å². The molecule has 0 saturated heterocycles. The lowest BCUT2D eigenvalue weighted by Gasteiger charge is -2.17. The van der Waals surface area contributed by atoms with Gasteiger partial charge in [0.2, 0.25) is 5.91 Å². The zero-order valence-corrected chi connectivity index (χ0v) is 13.9. The highest BCUT2D eigenvalue weighted by Gasteiger charge is 2.23. The van der Waals surface area contributed by atoms with Crippen molar-refractivity contribution in [3.63, 3.8) is 0 Å². The molecule has 3 aromatic heterocycles. The summed E-state index contributed by atoms with van der Waals surface area (Å²) in [5.41, 5.74) is 0.971. The minimum Gasteiger partial charge on any atom is -0.363 e. The van der Waals surface area contributed by atoms with Gasteiger partial charge in [-0.25, -0.2) is 4.98 Å². The molecule has 0 bridgehead atoms. The van der Waals surface area contributed by atoms with Gasteiger partial charge in [0, 0.05) is 10.9 Å². The van der Waals surface area contributed by atoms with Gasteiger partial charge in [-0.05, 0) is 30.7 Å². The van der Waals surface area contributed by atoms with Gasteiger partial charge in [-0.2, -0.15) is 0 Å². The molecule has 1 unspecified atom stereocenters. The monoisotopic (exact) mass is 344 g/mol. The molecule has 0 fully saturated rings. The van der Waals surface area contributed by atoms with E-state index in [0.29, 0.717) is 17.1 Å². The van der Waals surface area contributed by atoms with E-state index in [-0.39, 0.29) is 18.0 Å². The van der Waals surface area contributed by atoms with Crippen LogP contribution in [0, 0.1) is 5.92 Å². The van der Waals surface area contributed by atoms with Crippen molar-refractivity contribution < 1.29 is 9.32 Å². The van der Waals surface area contributed by atoms with Crippen LogP contribution < -0.4 is 10.9 Å². The molecule has 3 aromatic rings. The van der Waals surface area contributed by atoms with Gasteiger partial charge >= 0.3 is 0 Å². The van der Waals surface area contributed by atoms with Crippen molar-refractivity contribution in [3.05, 3.63) is 39.5 Å². The predicted molar refractivity (Wildman–Crippen MR) is 90.2 cm³/mol. The molecule has 3 heterocycles. The maximum absolute atomic E-state index is 12.8. The van der Waals surface area contributed by atoms with E-state index in [0.717, 1.165) is 29.7 Å². The number of rotatable bonds is 3. The minimum atomic E-state index is -0.343. The second-order valence-electron chi connectivity index (χ2n) is 6.14. The van der Waals surface area contributed by atoms with Crippen molar-refractivity contribution in [2.45, 2.75) is 32.7 Å². The fourth-order valence-corrected chi connectivity index (χ4v) is 4.43. The van der Waals surface area contributed by atoms with Gasteiger partial charge < -0.3 is 9.84 Å². The first-order valence-electron chi connectivity index (χ1n) is 7.81. The summed E-state index contributed by atoms with van der Waals surface area (Å²) in [6, 6.07) is 1.54. The third-order valence-electron chi connectivity index (χ3n) is 4.30. The Labute approximate surface area is 141 Å². The van der Waals surface area contributed by atoms with E-state index in [2.05, 4.69) is 26.9 Å². The van der Waals surface area contributed by atoms with Gasteiger partial charge in [0.25, 0.3) is 5.56 Å². The van der Waals surface area contributed by atoms with Crippen LogP contribution in [0.3, 0.4) is 0 Å². The molecular weight excluding hydrogens is 328 g/mol. The predicted octanol–water partition coefficient (Wildman–Crippen LogP) is 2.21. The molecule has 0 aromatic carbocycles. The van der Waals surface area contributed by atoms with Crippen LogP contribution in [0.4, 0.5) is 5.82 Å². The molecule has 8 heteroatoms. The number of hydrogen-bond acceptors (Lipinski definition) is 6. The van der Waals surface area contributed by atoms with Crippen LogP contribution in [0.5, 0.6) is 0 Å². The first-order chi connectivity index (χ1) is 11.6. The van der Waals surface area contributed by atoms with E-state index in [4.69, 9.17) is 0 Å². The molecule has 0 saturated carbocycles. The van der Waals surface area contributed by atoms with Gasteiger partial charge in [-0.1, -0.05) is 12.1 Å². The Hall–Kier alpha value is -2.48. The SMILES string of the molecule is CC1CCc2c(sc3ncn(CC(=O)Nc4ccon4)c(=O)c23)C1. The van der Waals surface area contributed by atoms with Gasteiger partial charge in [0.05, 0.1) is 11.7 Å². The highest BCUT2D eigenvalue weighted by Crippen LogP contribution is 2.35. The molecule has 0 radical (unpaired) electrons. The number of nitrogens with zero attached hydrogens (tertiary/aromatic N) is 3. The van der Waals surface area contributed by atoms with Crippen molar-refractivity contribution in [1.82, 2.24) is 14.7 Å². The van der Waals surface area contributed by atoms with Gasteiger partial charge in [0.1, 0.15) is 17.6 Å². The van der Waals surface area contributed by atoms with Crippen molar-refractivity contribution in [2.75, 3.05) is 5.32 Å². The summed E-state index contributed by atoms with van der Waals surface area (Å²) in [6.07, 6.45) is 5.80. The lowest BCUT2D eigenvalue weighted by atomic mass is 9.89. The van der Waals surface area contributed by atoms with Gasteiger partial charge in [-0.15, -0.1) is 11.3 Å². The molecule has 1 atom stereocenters. The quantitative estimate of drug-likeness (QED) is 0.787. The Morgan fingerprint density at radius 3 is 3.21 bits per heavy atom. The maximum Gasteiger partial charge on any atom is 0.262 e. The van der Waals surface area contributed by atoms with Crippen molar-refractivity contribution in [1.29, 1.82) is 0 Å². The number of hydrogen-bond donors (Lipinski definition) is 1. The summed E-state index contributed by atoms with van der Waals surface area (Å²) in [4.78, 5) is 31.3. The topological polar surface area (TPSA) is 90.0 Å². The highest BCUT2D eigenvalue weighted by molar-refractivity contribution is 7.18. The van der Waals surface area contributed by atoms with Gasteiger partial charge in [0.15, 0.2) is 5.82 Å². The average Bonchev–Trinajstić information content (AvgIpc) is 3.16. The van der Waals surface area contributed by atoms with E-state index >= 15 is 0 Å². The van der Waals surface area contributed by atoms with Crippen LogP contribution in [0.1, 0.15) is 23.8 Å². The zero-order valence-electron chi connectivity index (χ0n) is 13.1. The Morgan fingerprint density at radius 1 is 1.54 bits per heavy atom. The second-order valence-corrected chi connectivity index (χ2v) is 7.23. The lowest BCUT2D eigenvalue weighted by Crippen LogP contribution is -2.28. The van der Waals surface area contributed by atoms with Crippen molar-refractivity contribution in [2.24, 2.45) is 5.92 Å². The number of carbonyl (C=O) groups excluding carboxylic acids is 1. The number of aryl methyl sites for hydroxylation is 1. The van der Waals surface area contributed by atoms with E-state index in [1.54, 1.807) is 17.4 Å². The summed E-state index contributed by atoms with van der Waals surface area (Å²) >= 11 is 1.60. The van der Waals surface area contributed by atoms with Crippen LogP contribution in [0.15, 0.2) is 28.0 Å². The average molecular weight is 344 g/mol. The molecule has 1 aliphatic rings. The maximum atomic E-state index is 12.8. The Balaban J connectivity index is 1.66. The van der Waals surface area contributed by atoms with Crippen LogP contribution in [-0.4, -0.2) is 20.6 Å². The molecule has 0 aliphatic heterocycles. The number of carbonyl (C=O) groups is 1. The normalized spacial score (nSPS) is 17.0. The van der Waals surface area contributed by atoms with E-state index in [1.807, 2.05) is 0 Å². The first kappa shape index (κ1) is 15.1. The molecular formula is C16H16N4O3S. The first-order valence-corrected chi connectivity index (χ1v) is 8.63. The van der Waals surface area contributed by atoms with E-state index in [9.17, 15) is 9.59 Å². The molecule has 24 heavy (non-hydrogen) atoms. The summed E-state index contributed by atoms with van der Waals surface area (Å²) < 4.78 is 6.01. The van der Waals surface area contributed by atoms with Crippen LogP contribution in [0.2, 0.25) is 0 Å². The molecule has 124 valence electrons. The number of amides is 1. The summed E-state index contributed by atoms with van der Waals surface area (Å²) in [5.74, 6) is 0.620. The molecule has 4 rings (SSSR count). The molecule has 7 nitrogen and oxygen atoms in total. The minimum absolute atomic E-state index is 0.102. The summed E-state index contributed by atoms with van der Waals surface area (Å²) in [6.45, 7) is 2.13. The largest absolute Gasteiger partial charge is 0.363 e. The number of fused-ring (bicyclic) bond motifs is 3. The third kappa shape index (κ3) is 2.62. The number of aromatic nitrogens is 3. The standard InChI is InChI=1S/C16H16N4O3S/c1-9-2-3-10-11(6-9)24-15-14(10)16(22)20(8-17-15)7-13(21)18-12-4-5-23-19-12/h4-5,8-9H,2-3,6-7H2,1H3,(H,18,19,21). The fraction of sp³-hybridized carbons (Fsp3) is 0.375. The van der Waals surface area contributed by atoms with Crippen LogP contribution in [0.25, 0.3) is 10.2 Å². The zero-order chi connectivity index (χ0) is 16.7. The molecule has 1 N–H and O–H groups in total. The van der Waals surface area contributed by atoms with E-state index in [1.165, 1.54) is 22.0 Å². The molecule has 1 aliphatic carbocycles. The highest BCUT2D eigenvalue weighted by atomic mass is 32.1. The number of anilines is 1. The Bertz CT molecular complexity index is 958. The van der Waals surface area contributed by atoms with Crippen molar-refractivity contribution in [3.8, 4) is 0 Å². The van der Waals surface area contributed by atoms with Gasteiger partial charge in [-0.3, -0.25) is 14.2 Å². The lowest BCUT2D eigenvalue weighted by molar-refractivity contribution is -0.116. The Kier molecular flexibility index (Phi) is 3.68. The third-order valence-corrected chi connectivity index (χ3v) is 5.46. The fourth-order valence-electron chi connectivity index (χ4n) is 3.09. The number of thiophene rings is 1. The Morgan fingerprint density at radius 2 is 2.42 bits per heavy atom. The van der Waals surface area contributed by atoms with Crippen LogP contribution in [-0.2, 0) is 24.2 Å². The second kappa shape index (κ2) is 5.86. The summed E-state index contributed by atoms with van der Waals surface area (Å²) in [5, 5.41) is 6.88. The molecule has 0 spiro atoms. The summed E-state index contributed by atoms with van der Waals surface area (Å²) in [7, 11) is 0. The van der Waals surface area contributed by atoms with Crippen molar-refractivity contribution >= 4 is 33.3 Å². The number of nitrogens with one attached hydrogen (secondary N) is 1. The molecule has 1 amide bonds.